The van der Waals surface area contributed by atoms with Gasteiger partial charge in [-0.3, -0.25) is 5.32 Å². The van der Waals surface area contributed by atoms with Gasteiger partial charge >= 0.3 is 0 Å². The van der Waals surface area contributed by atoms with Gasteiger partial charge in [0.25, 0.3) is 0 Å². The first-order valence-corrected chi connectivity index (χ1v) is 9.55. The number of piperidine rings is 1. The minimum Gasteiger partial charge on any atom is -0.333 e. The first-order valence-electron chi connectivity index (χ1n) is 8.74. The monoisotopic (exact) mass is 317 g/mol. The Morgan fingerprint density at radius 3 is 2.91 bits per heavy atom. The SMILES string of the molecule is CCCCCCN(c1nc2ccccc2s1)C1CCCCN1. The first-order chi connectivity index (χ1) is 10.9. The molecule has 0 spiro atoms. The van der Waals surface area contributed by atoms with Crippen molar-refractivity contribution >= 4 is 26.7 Å². The number of fused-ring (bicyclic) bond motifs is 1. The van der Waals surface area contributed by atoms with Crippen LogP contribution in [0.25, 0.3) is 10.2 Å². The highest BCUT2D eigenvalue weighted by molar-refractivity contribution is 7.22. The maximum Gasteiger partial charge on any atom is 0.187 e. The molecule has 1 aliphatic heterocycles. The number of hydrogen-bond donors (Lipinski definition) is 1. The highest BCUT2D eigenvalue weighted by Crippen LogP contribution is 2.31. The number of anilines is 1. The maximum atomic E-state index is 4.89. The van der Waals surface area contributed by atoms with Crippen LogP contribution in [-0.4, -0.2) is 24.2 Å². The van der Waals surface area contributed by atoms with E-state index in [0.29, 0.717) is 6.17 Å². The van der Waals surface area contributed by atoms with Crippen molar-refractivity contribution in [3.05, 3.63) is 24.3 Å². The van der Waals surface area contributed by atoms with Crippen molar-refractivity contribution in [1.82, 2.24) is 10.3 Å². The Balaban J connectivity index is 1.76. The molecule has 0 amide bonds. The maximum absolute atomic E-state index is 4.89. The molecule has 0 aliphatic carbocycles. The van der Waals surface area contributed by atoms with Gasteiger partial charge in [0.15, 0.2) is 5.13 Å². The number of para-hydroxylation sites is 1. The molecule has 0 saturated carbocycles. The zero-order chi connectivity index (χ0) is 15.2. The Morgan fingerprint density at radius 1 is 1.23 bits per heavy atom. The van der Waals surface area contributed by atoms with Gasteiger partial charge in [0.1, 0.15) is 0 Å². The van der Waals surface area contributed by atoms with E-state index < -0.39 is 0 Å². The van der Waals surface area contributed by atoms with E-state index in [1.807, 2.05) is 11.3 Å². The second-order valence-electron chi connectivity index (χ2n) is 6.18. The number of benzene rings is 1. The highest BCUT2D eigenvalue weighted by Gasteiger charge is 2.23. The summed E-state index contributed by atoms with van der Waals surface area (Å²) in [5.74, 6) is 0. The number of aromatic nitrogens is 1. The van der Waals surface area contributed by atoms with Gasteiger partial charge in [0.2, 0.25) is 0 Å². The molecule has 1 fully saturated rings. The Bertz CT molecular complexity index is 541. The third-order valence-corrected chi connectivity index (χ3v) is 5.51. The summed E-state index contributed by atoms with van der Waals surface area (Å²) in [6.45, 7) is 4.53. The van der Waals surface area contributed by atoms with Gasteiger partial charge in [-0.1, -0.05) is 49.7 Å². The van der Waals surface area contributed by atoms with Crippen LogP contribution >= 0.6 is 11.3 Å². The first kappa shape index (κ1) is 15.8. The summed E-state index contributed by atoms with van der Waals surface area (Å²) in [5.41, 5.74) is 1.14. The molecular formula is C18H27N3S. The third kappa shape index (κ3) is 3.79. The molecule has 1 aromatic carbocycles. The van der Waals surface area contributed by atoms with Crippen LogP contribution in [0.2, 0.25) is 0 Å². The Kier molecular flexibility index (Phi) is 5.68. The van der Waals surface area contributed by atoms with Gasteiger partial charge in [0, 0.05) is 6.54 Å². The van der Waals surface area contributed by atoms with Crippen molar-refractivity contribution in [2.24, 2.45) is 0 Å². The molecule has 0 bridgehead atoms. The Hall–Kier alpha value is -1.13. The average molecular weight is 318 g/mol. The zero-order valence-corrected chi connectivity index (χ0v) is 14.4. The van der Waals surface area contributed by atoms with E-state index in [1.165, 1.54) is 54.8 Å². The molecule has 3 nitrogen and oxygen atoms in total. The molecule has 2 aromatic rings. The van der Waals surface area contributed by atoms with Crippen LogP contribution in [-0.2, 0) is 0 Å². The van der Waals surface area contributed by atoms with Crippen molar-refractivity contribution in [2.75, 3.05) is 18.0 Å². The molecule has 0 radical (unpaired) electrons. The highest BCUT2D eigenvalue weighted by atomic mass is 32.1. The van der Waals surface area contributed by atoms with Crippen LogP contribution in [0.15, 0.2) is 24.3 Å². The molecule has 1 unspecified atom stereocenters. The lowest BCUT2D eigenvalue weighted by Gasteiger charge is -2.35. The molecule has 22 heavy (non-hydrogen) atoms. The van der Waals surface area contributed by atoms with Crippen LogP contribution in [0.4, 0.5) is 5.13 Å². The molecule has 120 valence electrons. The fraction of sp³-hybridized carbons (Fsp3) is 0.611. The quantitative estimate of drug-likeness (QED) is 0.745. The van der Waals surface area contributed by atoms with E-state index >= 15 is 0 Å². The largest absolute Gasteiger partial charge is 0.333 e. The van der Waals surface area contributed by atoms with Gasteiger partial charge in [0.05, 0.1) is 16.4 Å². The smallest absolute Gasteiger partial charge is 0.187 e. The standard InChI is InChI=1S/C18H27N3S/c1-2-3-4-9-14-21(17-12-7-8-13-19-17)18-20-15-10-5-6-11-16(15)22-18/h5-6,10-11,17,19H,2-4,7-9,12-14H2,1H3. The molecule has 1 aromatic heterocycles. The number of nitrogens with one attached hydrogen (secondary N) is 1. The Morgan fingerprint density at radius 2 is 2.14 bits per heavy atom. The number of hydrogen-bond acceptors (Lipinski definition) is 4. The molecule has 1 aliphatic rings. The van der Waals surface area contributed by atoms with Crippen LogP contribution < -0.4 is 10.2 Å². The minimum absolute atomic E-state index is 0.468. The fourth-order valence-electron chi connectivity index (χ4n) is 3.18. The van der Waals surface area contributed by atoms with Gasteiger partial charge in [-0.15, -0.1) is 0 Å². The second kappa shape index (κ2) is 7.93. The summed E-state index contributed by atoms with van der Waals surface area (Å²) in [7, 11) is 0. The van der Waals surface area contributed by atoms with E-state index in [-0.39, 0.29) is 0 Å². The van der Waals surface area contributed by atoms with E-state index in [9.17, 15) is 0 Å². The lowest BCUT2D eigenvalue weighted by molar-refractivity contribution is 0.381. The normalized spacial score (nSPS) is 18.7. The topological polar surface area (TPSA) is 28.2 Å². The Labute approximate surface area is 137 Å². The third-order valence-electron chi connectivity index (χ3n) is 4.44. The molecule has 3 rings (SSSR count). The van der Waals surface area contributed by atoms with Crippen LogP contribution in [0, 0.1) is 0 Å². The molecule has 1 atom stereocenters. The van der Waals surface area contributed by atoms with Gasteiger partial charge in [-0.2, -0.15) is 0 Å². The summed E-state index contributed by atoms with van der Waals surface area (Å²) in [6.07, 6.45) is 9.56. The fourth-order valence-corrected chi connectivity index (χ4v) is 4.22. The summed E-state index contributed by atoms with van der Waals surface area (Å²) in [4.78, 5) is 7.42. The number of nitrogens with zero attached hydrogens (tertiary/aromatic N) is 2. The van der Waals surface area contributed by atoms with Crippen molar-refractivity contribution in [1.29, 1.82) is 0 Å². The van der Waals surface area contributed by atoms with Gasteiger partial charge in [-0.25, -0.2) is 4.98 Å². The molecule has 1 N–H and O–H groups in total. The van der Waals surface area contributed by atoms with Crippen molar-refractivity contribution in [3.63, 3.8) is 0 Å². The van der Waals surface area contributed by atoms with E-state index in [2.05, 4.69) is 41.4 Å². The lowest BCUT2D eigenvalue weighted by atomic mass is 10.1. The number of thiazole rings is 1. The zero-order valence-electron chi connectivity index (χ0n) is 13.6. The summed E-state index contributed by atoms with van der Waals surface area (Å²) in [5, 5.41) is 4.89. The summed E-state index contributed by atoms with van der Waals surface area (Å²) >= 11 is 1.84. The van der Waals surface area contributed by atoms with Crippen LogP contribution in [0.5, 0.6) is 0 Å². The minimum atomic E-state index is 0.468. The lowest BCUT2D eigenvalue weighted by Crippen LogP contribution is -2.48. The second-order valence-corrected chi connectivity index (χ2v) is 7.19. The molecule has 4 heteroatoms. The summed E-state index contributed by atoms with van der Waals surface area (Å²) in [6, 6.07) is 8.49. The molecule has 1 saturated heterocycles. The van der Waals surface area contributed by atoms with Crippen molar-refractivity contribution < 1.29 is 0 Å². The van der Waals surface area contributed by atoms with Crippen LogP contribution in [0.1, 0.15) is 51.9 Å². The number of unbranched alkanes of at least 4 members (excludes halogenated alkanes) is 3. The summed E-state index contributed by atoms with van der Waals surface area (Å²) < 4.78 is 1.30. The van der Waals surface area contributed by atoms with Crippen molar-refractivity contribution in [3.8, 4) is 0 Å². The van der Waals surface area contributed by atoms with E-state index in [0.717, 1.165) is 18.6 Å². The predicted molar refractivity (Wildman–Crippen MR) is 96.7 cm³/mol. The average Bonchev–Trinajstić information content (AvgIpc) is 2.99. The predicted octanol–water partition coefficient (Wildman–Crippen LogP) is 4.78. The molecular weight excluding hydrogens is 290 g/mol. The van der Waals surface area contributed by atoms with Gasteiger partial charge in [-0.05, 0) is 44.4 Å². The van der Waals surface area contributed by atoms with Gasteiger partial charge < -0.3 is 4.90 Å². The number of rotatable bonds is 7. The van der Waals surface area contributed by atoms with E-state index in [4.69, 9.17) is 4.98 Å². The molecule has 2 heterocycles. The van der Waals surface area contributed by atoms with Crippen molar-refractivity contribution in [2.45, 2.75) is 58.0 Å². The van der Waals surface area contributed by atoms with E-state index in [1.54, 1.807) is 0 Å². The van der Waals surface area contributed by atoms with Crippen LogP contribution in [0.3, 0.4) is 0 Å².